The first kappa shape index (κ1) is 9.96. The molecule has 13 heavy (non-hydrogen) atoms. The van der Waals surface area contributed by atoms with Crippen LogP contribution in [0.1, 0.15) is 18.1 Å². The van der Waals surface area contributed by atoms with E-state index < -0.39 is 6.10 Å². The van der Waals surface area contributed by atoms with Crippen molar-refractivity contribution in [1.82, 2.24) is 0 Å². The highest BCUT2D eigenvalue weighted by Crippen LogP contribution is 2.16. The molecule has 2 nitrogen and oxygen atoms in total. The number of nitrogens with two attached hydrogens (primary N) is 1. The van der Waals surface area contributed by atoms with Crippen LogP contribution in [0.15, 0.2) is 43.0 Å². The third kappa shape index (κ3) is 2.68. The van der Waals surface area contributed by atoms with Crippen molar-refractivity contribution in [2.45, 2.75) is 18.6 Å². The van der Waals surface area contributed by atoms with Crippen molar-refractivity contribution in [3.63, 3.8) is 0 Å². The topological polar surface area (TPSA) is 46.2 Å². The molecule has 0 fully saturated rings. The summed E-state index contributed by atoms with van der Waals surface area (Å²) in [4.78, 5) is 0. The Morgan fingerprint density at radius 1 is 1.38 bits per heavy atom. The smallest absolute Gasteiger partial charge is 0.0943 e. The zero-order valence-electron chi connectivity index (χ0n) is 7.56. The van der Waals surface area contributed by atoms with Gasteiger partial charge in [0.05, 0.1) is 6.10 Å². The Kier molecular flexibility index (Phi) is 3.68. The van der Waals surface area contributed by atoms with Gasteiger partial charge in [0.2, 0.25) is 0 Å². The molecule has 1 aromatic carbocycles. The van der Waals surface area contributed by atoms with Crippen LogP contribution < -0.4 is 5.73 Å². The van der Waals surface area contributed by atoms with E-state index in [0.29, 0.717) is 6.42 Å². The molecule has 0 bridgehead atoms. The lowest BCUT2D eigenvalue weighted by Gasteiger charge is -2.17. The van der Waals surface area contributed by atoms with Gasteiger partial charge in [-0.3, -0.25) is 0 Å². The van der Waals surface area contributed by atoms with Crippen molar-refractivity contribution in [3.8, 4) is 0 Å². The molecular formula is C11H15NO. The van der Waals surface area contributed by atoms with E-state index in [-0.39, 0.29) is 6.04 Å². The molecule has 0 saturated heterocycles. The van der Waals surface area contributed by atoms with E-state index in [1.165, 1.54) is 0 Å². The number of hydrogen-bond donors (Lipinski definition) is 2. The SMILES string of the molecule is C=CC[C@H](N)C(O)c1ccccc1. The summed E-state index contributed by atoms with van der Waals surface area (Å²) in [7, 11) is 0. The third-order valence-electron chi connectivity index (χ3n) is 1.99. The van der Waals surface area contributed by atoms with E-state index in [9.17, 15) is 5.11 Å². The Balaban J connectivity index is 2.67. The average Bonchev–Trinajstić information content (AvgIpc) is 2.18. The lowest BCUT2D eigenvalue weighted by molar-refractivity contribution is 0.147. The first-order valence-corrected chi connectivity index (χ1v) is 4.35. The van der Waals surface area contributed by atoms with Gasteiger partial charge in [0, 0.05) is 6.04 Å². The van der Waals surface area contributed by atoms with Crippen LogP contribution in [0.5, 0.6) is 0 Å². The second-order valence-electron chi connectivity index (χ2n) is 3.04. The molecule has 0 saturated carbocycles. The van der Waals surface area contributed by atoms with E-state index in [2.05, 4.69) is 6.58 Å². The van der Waals surface area contributed by atoms with Crippen LogP contribution in [-0.4, -0.2) is 11.1 Å². The fraction of sp³-hybridized carbons (Fsp3) is 0.273. The fourth-order valence-corrected chi connectivity index (χ4v) is 1.22. The van der Waals surface area contributed by atoms with Gasteiger partial charge < -0.3 is 10.8 Å². The second-order valence-corrected chi connectivity index (χ2v) is 3.04. The minimum absolute atomic E-state index is 0.264. The van der Waals surface area contributed by atoms with Gasteiger partial charge in [0.1, 0.15) is 0 Å². The van der Waals surface area contributed by atoms with Crippen molar-refractivity contribution < 1.29 is 5.11 Å². The van der Waals surface area contributed by atoms with Crippen molar-refractivity contribution in [2.24, 2.45) is 5.73 Å². The van der Waals surface area contributed by atoms with Crippen molar-refractivity contribution in [3.05, 3.63) is 48.6 Å². The second kappa shape index (κ2) is 4.80. The summed E-state index contributed by atoms with van der Waals surface area (Å²) >= 11 is 0. The Bertz CT molecular complexity index is 258. The fourth-order valence-electron chi connectivity index (χ4n) is 1.22. The van der Waals surface area contributed by atoms with Crippen LogP contribution in [0.3, 0.4) is 0 Å². The van der Waals surface area contributed by atoms with Crippen LogP contribution in [0, 0.1) is 0 Å². The first-order chi connectivity index (χ1) is 6.25. The molecular weight excluding hydrogens is 162 g/mol. The van der Waals surface area contributed by atoms with Gasteiger partial charge >= 0.3 is 0 Å². The highest BCUT2D eigenvalue weighted by Gasteiger charge is 2.14. The van der Waals surface area contributed by atoms with Crippen LogP contribution in [0.4, 0.5) is 0 Å². The van der Waals surface area contributed by atoms with Gasteiger partial charge in [-0.15, -0.1) is 6.58 Å². The highest BCUT2D eigenvalue weighted by atomic mass is 16.3. The molecule has 0 radical (unpaired) electrons. The molecule has 0 aromatic heterocycles. The summed E-state index contributed by atoms with van der Waals surface area (Å²) in [5.41, 5.74) is 6.60. The molecule has 0 aliphatic heterocycles. The largest absolute Gasteiger partial charge is 0.387 e. The molecule has 70 valence electrons. The molecule has 0 amide bonds. The quantitative estimate of drug-likeness (QED) is 0.686. The predicted octanol–water partition coefficient (Wildman–Crippen LogP) is 1.62. The summed E-state index contributed by atoms with van der Waals surface area (Å²) in [6.45, 7) is 3.59. The minimum atomic E-state index is -0.598. The average molecular weight is 177 g/mol. The first-order valence-electron chi connectivity index (χ1n) is 4.35. The maximum Gasteiger partial charge on any atom is 0.0943 e. The maximum atomic E-state index is 9.75. The van der Waals surface area contributed by atoms with Crippen LogP contribution in [0.25, 0.3) is 0 Å². The number of benzene rings is 1. The molecule has 1 unspecified atom stereocenters. The minimum Gasteiger partial charge on any atom is -0.387 e. The standard InChI is InChI=1S/C11H15NO/c1-2-6-10(12)11(13)9-7-4-3-5-8-9/h2-5,7-8,10-11,13H,1,6,12H2/t10-,11?/m0/s1. The molecule has 3 N–H and O–H groups in total. The van der Waals surface area contributed by atoms with Gasteiger partial charge in [-0.2, -0.15) is 0 Å². The molecule has 1 aromatic rings. The van der Waals surface area contributed by atoms with Crippen molar-refractivity contribution in [1.29, 1.82) is 0 Å². The van der Waals surface area contributed by atoms with Crippen LogP contribution in [-0.2, 0) is 0 Å². The summed E-state index contributed by atoms with van der Waals surface area (Å²) < 4.78 is 0. The number of hydrogen-bond acceptors (Lipinski definition) is 2. The van der Waals surface area contributed by atoms with Gasteiger partial charge in [-0.25, -0.2) is 0 Å². The third-order valence-corrected chi connectivity index (χ3v) is 1.99. The van der Waals surface area contributed by atoms with Crippen molar-refractivity contribution >= 4 is 0 Å². The Labute approximate surface area is 78.7 Å². The lowest BCUT2D eigenvalue weighted by Crippen LogP contribution is -2.27. The molecule has 2 heteroatoms. The summed E-state index contributed by atoms with van der Waals surface area (Å²) in [5, 5.41) is 9.75. The number of aliphatic hydroxyl groups is 1. The molecule has 0 spiro atoms. The van der Waals surface area contributed by atoms with Gasteiger partial charge in [0.15, 0.2) is 0 Å². The Morgan fingerprint density at radius 3 is 2.54 bits per heavy atom. The molecule has 2 atom stereocenters. The Hall–Kier alpha value is -1.12. The zero-order valence-corrected chi connectivity index (χ0v) is 7.56. The van der Waals surface area contributed by atoms with Crippen LogP contribution in [0.2, 0.25) is 0 Å². The summed E-state index contributed by atoms with van der Waals surface area (Å²) in [6, 6.07) is 9.16. The van der Waals surface area contributed by atoms with Gasteiger partial charge in [-0.05, 0) is 12.0 Å². The van der Waals surface area contributed by atoms with Gasteiger partial charge in [-0.1, -0.05) is 36.4 Å². The highest BCUT2D eigenvalue weighted by molar-refractivity contribution is 5.18. The zero-order chi connectivity index (χ0) is 9.68. The summed E-state index contributed by atoms with van der Waals surface area (Å²) in [5.74, 6) is 0. The predicted molar refractivity (Wildman–Crippen MR) is 54.2 cm³/mol. The monoisotopic (exact) mass is 177 g/mol. The Morgan fingerprint density at radius 2 is 2.00 bits per heavy atom. The normalized spacial score (nSPS) is 14.9. The molecule has 0 heterocycles. The number of aliphatic hydroxyl groups excluding tert-OH is 1. The van der Waals surface area contributed by atoms with Gasteiger partial charge in [0.25, 0.3) is 0 Å². The van der Waals surface area contributed by atoms with E-state index in [4.69, 9.17) is 5.73 Å². The van der Waals surface area contributed by atoms with Crippen molar-refractivity contribution in [2.75, 3.05) is 0 Å². The molecule has 0 aliphatic carbocycles. The summed E-state index contributed by atoms with van der Waals surface area (Å²) in [6.07, 6.45) is 1.74. The lowest BCUT2D eigenvalue weighted by atomic mass is 10.0. The van der Waals surface area contributed by atoms with E-state index in [1.807, 2.05) is 30.3 Å². The number of rotatable bonds is 4. The van der Waals surface area contributed by atoms with E-state index in [1.54, 1.807) is 6.08 Å². The maximum absolute atomic E-state index is 9.75. The van der Waals surface area contributed by atoms with Crippen LogP contribution >= 0.6 is 0 Å². The molecule has 1 rings (SSSR count). The van der Waals surface area contributed by atoms with E-state index in [0.717, 1.165) is 5.56 Å². The molecule has 0 aliphatic rings. The van der Waals surface area contributed by atoms with E-state index >= 15 is 0 Å².